The summed E-state index contributed by atoms with van der Waals surface area (Å²) in [6, 6.07) is -0.298. The second-order valence-electron chi connectivity index (χ2n) is 4.38. The molecule has 0 radical (unpaired) electrons. The predicted molar refractivity (Wildman–Crippen MR) is 69.8 cm³/mol. The molecule has 1 rings (SSSR count). The number of carbonyl (C=O) groups is 2. The van der Waals surface area contributed by atoms with Gasteiger partial charge in [0.1, 0.15) is 0 Å². The maximum Gasteiger partial charge on any atom is 0.315 e. The highest BCUT2D eigenvalue weighted by Crippen LogP contribution is 2.10. The molecule has 0 unspecified atom stereocenters. The van der Waals surface area contributed by atoms with E-state index in [0.717, 1.165) is 17.0 Å². The van der Waals surface area contributed by atoms with Gasteiger partial charge in [-0.1, -0.05) is 0 Å². The van der Waals surface area contributed by atoms with Crippen molar-refractivity contribution in [2.75, 3.05) is 6.54 Å². The monoisotopic (exact) mass is 268 g/mol. The van der Waals surface area contributed by atoms with Crippen molar-refractivity contribution in [3.8, 4) is 0 Å². The zero-order valence-corrected chi connectivity index (χ0v) is 11.5. The van der Waals surface area contributed by atoms with Crippen LogP contribution in [0.5, 0.6) is 0 Å². The fourth-order valence-electron chi connectivity index (χ4n) is 1.75. The van der Waals surface area contributed by atoms with Crippen LogP contribution in [0.25, 0.3) is 0 Å². The molecule has 1 aromatic rings. The summed E-state index contributed by atoms with van der Waals surface area (Å²) in [5.41, 5.74) is 2.91. The zero-order valence-electron chi connectivity index (χ0n) is 11.5. The van der Waals surface area contributed by atoms with Gasteiger partial charge in [0.25, 0.3) is 0 Å². The Morgan fingerprint density at radius 1 is 1.32 bits per heavy atom. The standard InChI is InChI=1S/C12H20N4O3/c1-8-10(9(2)16(3)15-8)7-14-12(19)13-6-4-5-11(17)18/h4-7H2,1-3H3,(H,17,18)(H2,13,14,19). The smallest absolute Gasteiger partial charge is 0.315 e. The second-order valence-corrected chi connectivity index (χ2v) is 4.38. The van der Waals surface area contributed by atoms with E-state index in [0.29, 0.717) is 19.5 Å². The molecule has 0 saturated heterocycles. The second kappa shape index (κ2) is 6.77. The number of carbonyl (C=O) groups excluding carboxylic acids is 1. The quantitative estimate of drug-likeness (QED) is 0.662. The molecule has 0 spiro atoms. The molecule has 0 aliphatic rings. The van der Waals surface area contributed by atoms with E-state index in [1.54, 1.807) is 4.68 Å². The molecule has 0 aliphatic heterocycles. The van der Waals surface area contributed by atoms with Crippen LogP contribution in [-0.4, -0.2) is 33.4 Å². The molecule has 0 bridgehead atoms. The van der Waals surface area contributed by atoms with Gasteiger partial charge in [0, 0.05) is 37.8 Å². The maximum atomic E-state index is 11.5. The molecule has 1 aromatic heterocycles. The number of urea groups is 1. The molecule has 2 amide bonds. The SMILES string of the molecule is Cc1nn(C)c(C)c1CNC(=O)NCCCC(=O)O. The minimum Gasteiger partial charge on any atom is -0.481 e. The summed E-state index contributed by atoms with van der Waals surface area (Å²) in [4.78, 5) is 21.8. The summed E-state index contributed by atoms with van der Waals surface area (Å²) in [7, 11) is 1.86. The van der Waals surface area contributed by atoms with Gasteiger partial charge in [-0.3, -0.25) is 9.48 Å². The van der Waals surface area contributed by atoms with Crippen molar-refractivity contribution in [2.45, 2.75) is 33.2 Å². The molecular formula is C12H20N4O3. The van der Waals surface area contributed by atoms with Crippen LogP contribution in [0, 0.1) is 13.8 Å². The minimum absolute atomic E-state index is 0.0566. The topological polar surface area (TPSA) is 96.3 Å². The van der Waals surface area contributed by atoms with Crippen LogP contribution in [-0.2, 0) is 18.4 Å². The molecule has 0 saturated carbocycles. The van der Waals surface area contributed by atoms with Crippen LogP contribution in [0.2, 0.25) is 0 Å². The van der Waals surface area contributed by atoms with Crippen LogP contribution >= 0.6 is 0 Å². The van der Waals surface area contributed by atoms with Gasteiger partial charge in [0.15, 0.2) is 0 Å². The number of rotatable bonds is 6. The van der Waals surface area contributed by atoms with E-state index in [4.69, 9.17) is 5.11 Å². The molecule has 7 nitrogen and oxygen atoms in total. The van der Waals surface area contributed by atoms with Gasteiger partial charge >= 0.3 is 12.0 Å². The van der Waals surface area contributed by atoms with E-state index in [-0.39, 0.29) is 12.5 Å². The van der Waals surface area contributed by atoms with Crippen LogP contribution in [0.4, 0.5) is 4.79 Å². The fourth-order valence-corrected chi connectivity index (χ4v) is 1.75. The summed E-state index contributed by atoms with van der Waals surface area (Å²) < 4.78 is 1.77. The summed E-state index contributed by atoms with van der Waals surface area (Å²) in [5, 5.41) is 18.1. The van der Waals surface area contributed by atoms with Crippen molar-refractivity contribution >= 4 is 12.0 Å². The Hall–Kier alpha value is -2.05. The van der Waals surface area contributed by atoms with Gasteiger partial charge < -0.3 is 15.7 Å². The average molecular weight is 268 g/mol. The Bertz CT molecular complexity index is 468. The zero-order chi connectivity index (χ0) is 14.4. The highest BCUT2D eigenvalue weighted by Gasteiger charge is 2.10. The number of aryl methyl sites for hydroxylation is 2. The van der Waals surface area contributed by atoms with Crippen LogP contribution < -0.4 is 10.6 Å². The van der Waals surface area contributed by atoms with Gasteiger partial charge in [-0.25, -0.2) is 4.79 Å². The molecule has 19 heavy (non-hydrogen) atoms. The van der Waals surface area contributed by atoms with E-state index in [9.17, 15) is 9.59 Å². The number of carboxylic acid groups (broad SMARTS) is 1. The van der Waals surface area contributed by atoms with Crippen molar-refractivity contribution in [1.29, 1.82) is 0 Å². The number of aromatic nitrogens is 2. The van der Waals surface area contributed by atoms with E-state index in [1.165, 1.54) is 0 Å². The molecule has 0 aromatic carbocycles. The van der Waals surface area contributed by atoms with Crippen LogP contribution in [0.15, 0.2) is 0 Å². The van der Waals surface area contributed by atoms with E-state index in [2.05, 4.69) is 15.7 Å². The van der Waals surface area contributed by atoms with Crippen molar-refractivity contribution in [3.63, 3.8) is 0 Å². The summed E-state index contributed by atoms with van der Waals surface area (Å²) in [6.45, 7) is 4.61. The molecule has 0 aliphatic carbocycles. The van der Waals surface area contributed by atoms with E-state index >= 15 is 0 Å². The normalized spacial score (nSPS) is 10.3. The predicted octanol–water partition coefficient (Wildman–Crippen LogP) is 0.701. The molecule has 7 heteroatoms. The first kappa shape index (κ1) is 15.0. The lowest BCUT2D eigenvalue weighted by Crippen LogP contribution is -2.35. The number of nitrogens with one attached hydrogen (secondary N) is 2. The van der Waals surface area contributed by atoms with Crippen molar-refractivity contribution in [3.05, 3.63) is 17.0 Å². The maximum absolute atomic E-state index is 11.5. The Balaban J connectivity index is 2.32. The largest absolute Gasteiger partial charge is 0.481 e. The summed E-state index contributed by atoms with van der Waals surface area (Å²) in [5.74, 6) is -0.858. The number of carboxylic acids is 1. The number of hydrogen-bond donors (Lipinski definition) is 3. The van der Waals surface area contributed by atoms with Gasteiger partial charge in [0.05, 0.1) is 5.69 Å². The number of aliphatic carboxylic acids is 1. The van der Waals surface area contributed by atoms with Crippen molar-refractivity contribution < 1.29 is 14.7 Å². The van der Waals surface area contributed by atoms with Crippen molar-refractivity contribution in [2.24, 2.45) is 7.05 Å². The van der Waals surface area contributed by atoms with Crippen LogP contribution in [0.3, 0.4) is 0 Å². The molecule has 0 atom stereocenters. The lowest BCUT2D eigenvalue weighted by Gasteiger charge is -2.07. The average Bonchev–Trinajstić information content (AvgIpc) is 2.57. The summed E-state index contributed by atoms with van der Waals surface area (Å²) >= 11 is 0. The molecular weight excluding hydrogens is 248 g/mol. The van der Waals surface area contributed by atoms with E-state index < -0.39 is 5.97 Å². The minimum atomic E-state index is -0.858. The van der Waals surface area contributed by atoms with Gasteiger partial charge in [-0.05, 0) is 20.3 Å². The Morgan fingerprint density at radius 2 is 2.00 bits per heavy atom. The molecule has 3 N–H and O–H groups in total. The lowest BCUT2D eigenvalue weighted by molar-refractivity contribution is -0.137. The first-order chi connectivity index (χ1) is 8.91. The highest BCUT2D eigenvalue weighted by atomic mass is 16.4. The van der Waals surface area contributed by atoms with E-state index in [1.807, 2.05) is 20.9 Å². The molecule has 106 valence electrons. The van der Waals surface area contributed by atoms with Gasteiger partial charge in [-0.15, -0.1) is 0 Å². The van der Waals surface area contributed by atoms with Gasteiger partial charge in [-0.2, -0.15) is 5.10 Å². The first-order valence-electron chi connectivity index (χ1n) is 6.14. The summed E-state index contributed by atoms with van der Waals surface area (Å²) in [6.07, 6.45) is 0.481. The van der Waals surface area contributed by atoms with Crippen LogP contribution in [0.1, 0.15) is 29.8 Å². The first-order valence-corrected chi connectivity index (χ1v) is 6.14. The molecule has 1 heterocycles. The third kappa shape index (κ3) is 4.61. The number of hydrogen-bond acceptors (Lipinski definition) is 3. The Morgan fingerprint density at radius 3 is 2.53 bits per heavy atom. The van der Waals surface area contributed by atoms with Crippen molar-refractivity contribution in [1.82, 2.24) is 20.4 Å². The third-order valence-electron chi connectivity index (χ3n) is 2.94. The highest BCUT2D eigenvalue weighted by molar-refractivity contribution is 5.74. The Kier molecular flexibility index (Phi) is 5.35. The van der Waals surface area contributed by atoms with Gasteiger partial charge in [0.2, 0.25) is 0 Å². The molecule has 0 fully saturated rings. The lowest BCUT2D eigenvalue weighted by atomic mass is 10.2. The number of nitrogens with zero attached hydrogens (tertiary/aromatic N) is 2. The third-order valence-corrected chi connectivity index (χ3v) is 2.94. The fraction of sp³-hybridized carbons (Fsp3) is 0.583. The number of amides is 2. The Labute approximate surface area is 112 Å².